The number of aryl methyl sites for hydroxylation is 1. The Morgan fingerprint density at radius 3 is 2.59 bits per heavy atom. The molecular formula is C17H16ClNO3. The summed E-state index contributed by atoms with van der Waals surface area (Å²) in [4.78, 5) is 23.7. The van der Waals surface area contributed by atoms with Crippen molar-refractivity contribution >= 4 is 29.2 Å². The molecule has 0 aromatic heterocycles. The molecule has 1 amide bonds. The number of carbonyl (C=O) groups excluding carboxylic acids is 2. The fourth-order valence-corrected chi connectivity index (χ4v) is 2.21. The molecule has 0 aliphatic rings. The van der Waals surface area contributed by atoms with Gasteiger partial charge in [-0.05, 0) is 36.2 Å². The number of amides is 1. The first-order valence-electron chi connectivity index (χ1n) is 6.73. The normalized spacial score (nSPS) is 10.1. The third-order valence-corrected chi connectivity index (χ3v) is 3.61. The minimum Gasteiger partial charge on any atom is -0.465 e. The van der Waals surface area contributed by atoms with Gasteiger partial charge in [0.1, 0.15) is 0 Å². The number of hydrogen-bond donors (Lipinski definition) is 1. The molecule has 0 bridgehead atoms. The molecule has 0 aliphatic heterocycles. The van der Waals surface area contributed by atoms with Gasteiger partial charge < -0.3 is 10.1 Å². The summed E-state index contributed by atoms with van der Waals surface area (Å²) in [6.45, 7) is 1.85. The first-order valence-corrected chi connectivity index (χ1v) is 7.11. The Kier molecular flexibility index (Phi) is 5.17. The lowest BCUT2D eigenvalue weighted by Crippen LogP contribution is -2.16. The van der Waals surface area contributed by atoms with Crippen LogP contribution in [0.25, 0.3) is 0 Å². The van der Waals surface area contributed by atoms with Crippen LogP contribution in [0.4, 0.5) is 5.69 Å². The molecule has 0 saturated carbocycles. The van der Waals surface area contributed by atoms with Crippen molar-refractivity contribution in [3.63, 3.8) is 0 Å². The fraction of sp³-hybridized carbons (Fsp3) is 0.176. The van der Waals surface area contributed by atoms with Crippen LogP contribution in [0.5, 0.6) is 0 Å². The molecule has 2 rings (SSSR count). The lowest BCUT2D eigenvalue weighted by molar-refractivity contribution is -0.115. The first kappa shape index (κ1) is 16.0. The maximum atomic E-state index is 12.2. The highest BCUT2D eigenvalue weighted by Gasteiger charge is 2.11. The van der Waals surface area contributed by atoms with E-state index in [1.54, 1.807) is 30.3 Å². The molecule has 114 valence electrons. The molecule has 0 atom stereocenters. The number of carbonyl (C=O) groups is 2. The first-order chi connectivity index (χ1) is 10.5. The van der Waals surface area contributed by atoms with Gasteiger partial charge in [0.05, 0.1) is 19.1 Å². The Labute approximate surface area is 134 Å². The second-order valence-corrected chi connectivity index (χ2v) is 5.24. The molecule has 2 aromatic rings. The zero-order chi connectivity index (χ0) is 16.1. The van der Waals surface area contributed by atoms with Gasteiger partial charge in [0.15, 0.2) is 0 Å². The van der Waals surface area contributed by atoms with Gasteiger partial charge >= 0.3 is 5.97 Å². The number of methoxy groups -OCH3 is 1. The van der Waals surface area contributed by atoms with Crippen molar-refractivity contribution < 1.29 is 14.3 Å². The van der Waals surface area contributed by atoms with Crippen LogP contribution in [0.15, 0.2) is 42.5 Å². The van der Waals surface area contributed by atoms with Gasteiger partial charge in [-0.3, -0.25) is 4.79 Å². The van der Waals surface area contributed by atoms with Crippen molar-refractivity contribution in [3.05, 3.63) is 64.2 Å². The summed E-state index contributed by atoms with van der Waals surface area (Å²) in [7, 11) is 1.32. The minimum atomic E-state index is -0.443. The monoisotopic (exact) mass is 317 g/mol. The predicted molar refractivity (Wildman–Crippen MR) is 86.3 cm³/mol. The van der Waals surface area contributed by atoms with Crippen LogP contribution < -0.4 is 5.32 Å². The number of benzene rings is 2. The SMILES string of the molecule is COC(=O)c1ccc(C)c(NC(=O)Cc2ccccc2Cl)c1. The van der Waals surface area contributed by atoms with Crippen LogP contribution in [0, 0.1) is 6.92 Å². The van der Waals surface area contributed by atoms with Gasteiger partial charge in [-0.1, -0.05) is 35.9 Å². The van der Waals surface area contributed by atoms with Crippen molar-refractivity contribution in [1.82, 2.24) is 0 Å². The Balaban J connectivity index is 2.14. The molecule has 0 saturated heterocycles. The molecule has 4 nitrogen and oxygen atoms in total. The van der Waals surface area contributed by atoms with Crippen molar-refractivity contribution in [3.8, 4) is 0 Å². The summed E-state index contributed by atoms with van der Waals surface area (Å²) in [5.74, 6) is -0.639. The summed E-state index contributed by atoms with van der Waals surface area (Å²) >= 11 is 6.05. The lowest BCUT2D eigenvalue weighted by Gasteiger charge is -2.10. The molecule has 5 heteroatoms. The zero-order valence-corrected chi connectivity index (χ0v) is 13.1. The molecule has 1 N–H and O–H groups in total. The Hall–Kier alpha value is -2.33. The highest BCUT2D eigenvalue weighted by molar-refractivity contribution is 6.31. The van der Waals surface area contributed by atoms with E-state index in [9.17, 15) is 9.59 Å². The zero-order valence-electron chi connectivity index (χ0n) is 12.4. The van der Waals surface area contributed by atoms with Crippen molar-refractivity contribution in [2.45, 2.75) is 13.3 Å². The van der Waals surface area contributed by atoms with E-state index in [1.807, 2.05) is 19.1 Å². The summed E-state index contributed by atoms with van der Waals surface area (Å²) in [5, 5.41) is 3.35. The highest BCUT2D eigenvalue weighted by Crippen LogP contribution is 2.19. The smallest absolute Gasteiger partial charge is 0.337 e. The van der Waals surface area contributed by atoms with Gasteiger partial charge in [0.25, 0.3) is 0 Å². The van der Waals surface area contributed by atoms with E-state index in [2.05, 4.69) is 10.1 Å². The van der Waals surface area contributed by atoms with Crippen LogP contribution in [-0.2, 0) is 16.0 Å². The number of anilines is 1. The Morgan fingerprint density at radius 1 is 1.18 bits per heavy atom. The lowest BCUT2D eigenvalue weighted by atomic mass is 10.1. The van der Waals surface area contributed by atoms with Gasteiger partial charge in [0, 0.05) is 10.7 Å². The minimum absolute atomic E-state index is 0.168. The van der Waals surface area contributed by atoms with E-state index in [0.717, 1.165) is 11.1 Å². The molecule has 0 spiro atoms. The van der Waals surface area contributed by atoms with Crippen LogP contribution in [0.3, 0.4) is 0 Å². The number of esters is 1. The Morgan fingerprint density at radius 2 is 1.91 bits per heavy atom. The van der Waals surface area contributed by atoms with E-state index in [-0.39, 0.29) is 12.3 Å². The van der Waals surface area contributed by atoms with Crippen molar-refractivity contribution in [1.29, 1.82) is 0 Å². The third-order valence-electron chi connectivity index (χ3n) is 3.24. The van der Waals surface area contributed by atoms with Gasteiger partial charge in [-0.2, -0.15) is 0 Å². The van der Waals surface area contributed by atoms with Gasteiger partial charge in [-0.25, -0.2) is 4.79 Å². The fourth-order valence-electron chi connectivity index (χ4n) is 2.01. The molecular weight excluding hydrogens is 302 g/mol. The van der Waals surface area contributed by atoms with Crippen LogP contribution in [0.2, 0.25) is 5.02 Å². The molecule has 0 radical (unpaired) electrons. The average Bonchev–Trinajstić information content (AvgIpc) is 2.51. The molecule has 22 heavy (non-hydrogen) atoms. The predicted octanol–water partition coefficient (Wildman–Crippen LogP) is 3.62. The summed E-state index contributed by atoms with van der Waals surface area (Å²) in [5.41, 5.74) is 2.59. The number of nitrogens with one attached hydrogen (secondary N) is 1. The van der Waals surface area contributed by atoms with Crippen molar-refractivity contribution in [2.24, 2.45) is 0 Å². The van der Waals surface area contributed by atoms with Gasteiger partial charge in [-0.15, -0.1) is 0 Å². The quantitative estimate of drug-likeness (QED) is 0.876. The van der Waals surface area contributed by atoms with E-state index >= 15 is 0 Å². The third kappa shape index (κ3) is 3.86. The molecule has 0 heterocycles. The molecule has 0 aliphatic carbocycles. The molecule has 0 fully saturated rings. The highest BCUT2D eigenvalue weighted by atomic mass is 35.5. The van der Waals surface area contributed by atoms with E-state index in [1.165, 1.54) is 7.11 Å². The number of halogens is 1. The van der Waals surface area contributed by atoms with Crippen LogP contribution >= 0.6 is 11.6 Å². The maximum absolute atomic E-state index is 12.2. The molecule has 0 unspecified atom stereocenters. The van der Waals surface area contributed by atoms with E-state index in [4.69, 9.17) is 11.6 Å². The second kappa shape index (κ2) is 7.09. The number of ether oxygens (including phenoxy) is 1. The van der Waals surface area contributed by atoms with Crippen LogP contribution in [-0.4, -0.2) is 19.0 Å². The standard InChI is InChI=1S/C17H16ClNO3/c1-11-7-8-13(17(21)22-2)9-15(11)19-16(20)10-12-5-3-4-6-14(12)18/h3-9H,10H2,1-2H3,(H,19,20). The number of rotatable bonds is 4. The summed E-state index contributed by atoms with van der Waals surface area (Å²) in [6, 6.07) is 12.2. The average molecular weight is 318 g/mol. The van der Waals surface area contributed by atoms with E-state index < -0.39 is 5.97 Å². The van der Waals surface area contributed by atoms with Crippen LogP contribution in [0.1, 0.15) is 21.5 Å². The Bertz CT molecular complexity index is 713. The maximum Gasteiger partial charge on any atom is 0.337 e. The second-order valence-electron chi connectivity index (χ2n) is 4.84. The topological polar surface area (TPSA) is 55.4 Å². The van der Waals surface area contributed by atoms with Gasteiger partial charge in [0.2, 0.25) is 5.91 Å². The summed E-state index contributed by atoms with van der Waals surface area (Å²) < 4.78 is 4.68. The number of hydrogen-bond acceptors (Lipinski definition) is 3. The van der Waals surface area contributed by atoms with Crippen molar-refractivity contribution in [2.75, 3.05) is 12.4 Å². The van der Waals surface area contributed by atoms with E-state index in [0.29, 0.717) is 16.3 Å². The summed E-state index contributed by atoms with van der Waals surface area (Å²) in [6.07, 6.45) is 0.168. The molecule has 2 aromatic carbocycles. The largest absolute Gasteiger partial charge is 0.465 e.